The average molecular weight is 246 g/mol. The van der Waals surface area contributed by atoms with Gasteiger partial charge < -0.3 is 0 Å². The molecule has 0 radical (unpaired) electrons. The molecule has 0 aliphatic heterocycles. The predicted molar refractivity (Wildman–Crippen MR) is 70.3 cm³/mol. The number of thiocarbonyl (C=S) groups is 1. The fourth-order valence-electron chi connectivity index (χ4n) is 1.16. The minimum atomic E-state index is 0.384. The SMILES string of the molecule is CC(C)SC(=S)c1ccc(C#N)cc1C#N. The molecule has 0 aliphatic carbocycles. The second-order valence-electron chi connectivity index (χ2n) is 3.44. The lowest BCUT2D eigenvalue weighted by Gasteiger charge is -2.08. The first kappa shape index (κ1) is 12.7. The third-order valence-corrected chi connectivity index (χ3v) is 3.25. The van der Waals surface area contributed by atoms with E-state index in [-0.39, 0.29) is 0 Å². The lowest BCUT2D eigenvalue weighted by atomic mass is 10.1. The van der Waals surface area contributed by atoms with E-state index in [0.29, 0.717) is 20.6 Å². The van der Waals surface area contributed by atoms with Gasteiger partial charge in [0, 0.05) is 10.8 Å². The monoisotopic (exact) mass is 246 g/mol. The Morgan fingerprint density at radius 1 is 1.31 bits per heavy atom. The molecule has 0 amide bonds. The van der Waals surface area contributed by atoms with Crippen LogP contribution in [0, 0.1) is 22.7 Å². The van der Waals surface area contributed by atoms with Crippen molar-refractivity contribution in [2.45, 2.75) is 19.1 Å². The molecule has 0 spiro atoms. The molecule has 1 aromatic carbocycles. The minimum Gasteiger partial charge on any atom is -0.192 e. The Morgan fingerprint density at radius 2 is 2.00 bits per heavy atom. The minimum absolute atomic E-state index is 0.384. The first-order chi connectivity index (χ1) is 7.58. The van der Waals surface area contributed by atoms with E-state index in [2.05, 4.69) is 6.07 Å². The highest BCUT2D eigenvalue weighted by atomic mass is 32.2. The Kier molecular flexibility index (Phi) is 4.49. The summed E-state index contributed by atoms with van der Waals surface area (Å²) in [7, 11) is 0. The van der Waals surface area contributed by atoms with E-state index >= 15 is 0 Å². The standard InChI is InChI=1S/C12H10N2S2/c1-8(2)16-12(15)11-4-3-9(6-13)5-10(11)7-14/h3-5,8H,1-2H3. The molecule has 80 valence electrons. The molecule has 4 heteroatoms. The van der Waals surface area contributed by atoms with Crippen LogP contribution in [-0.2, 0) is 0 Å². The molecule has 0 saturated heterocycles. The van der Waals surface area contributed by atoms with Crippen molar-refractivity contribution in [3.63, 3.8) is 0 Å². The highest BCUT2D eigenvalue weighted by molar-refractivity contribution is 8.24. The number of nitriles is 2. The predicted octanol–water partition coefficient (Wildman–Crippen LogP) is 3.25. The van der Waals surface area contributed by atoms with Crippen molar-refractivity contribution in [2.75, 3.05) is 0 Å². The highest BCUT2D eigenvalue weighted by Gasteiger charge is 2.10. The molecule has 1 rings (SSSR count). The summed E-state index contributed by atoms with van der Waals surface area (Å²) in [5.41, 5.74) is 1.70. The summed E-state index contributed by atoms with van der Waals surface area (Å²) in [6.07, 6.45) is 0. The Balaban J connectivity index is 3.11. The number of rotatable bonds is 2. The van der Waals surface area contributed by atoms with Gasteiger partial charge in [-0.05, 0) is 12.1 Å². The maximum absolute atomic E-state index is 8.99. The van der Waals surface area contributed by atoms with Crippen molar-refractivity contribution in [3.05, 3.63) is 34.9 Å². The zero-order valence-electron chi connectivity index (χ0n) is 9.02. The first-order valence-corrected chi connectivity index (χ1v) is 6.02. The number of nitrogens with zero attached hydrogens (tertiary/aromatic N) is 2. The van der Waals surface area contributed by atoms with E-state index < -0.39 is 0 Å². The zero-order valence-corrected chi connectivity index (χ0v) is 10.7. The molecule has 0 bridgehead atoms. The molecule has 16 heavy (non-hydrogen) atoms. The van der Waals surface area contributed by atoms with Gasteiger partial charge in [-0.3, -0.25) is 0 Å². The van der Waals surface area contributed by atoms with Crippen LogP contribution in [-0.4, -0.2) is 9.45 Å². The number of hydrogen-bond acceptors (Lipinski definition) is 4. The fraction of sp³-hybridized carbons (Fsp3) is 0.250. The van der Waals surface area contributed by atoms with Crippen molar-refractivity contribution in [3.8, 4) is 12.1 Å². The van der Waals surface area contributed by atoms with E-state index in [1.54, 1.807) is 30.0 Å². The zero-order chi connectivity index (χ0) is 12.1. The largest absolute Gasteiger partial charge is 0.192 e. The number of hydrogen-bond donors (Lipinski definition) is 0. The van der Waals surface area contributed by atoms with Gasteiger partial charge in [-0.2, -0.15) is 10.5 Å². The Hall–Kier alpha value is -1.36. The van der Waals surface area contributed by atoms with Crippen molar-refractivity contribution in [1.29, 1.82) is 10.5 Å². The molecule has 0 aliphatic rings. The summed E-state index contributed by atoms with van der Waals surface area (Å²) < 4.78 is 0.705. The van der Waals surface area contributed by atoms with Crippen LogP contribution in [0.2, 0.25) is 0 Å². The molecule has 0 unspecified atom stereocenters. The van der Waals surface area contributed by atoms with E-state index in [1.807, 2.05) is 19.9 Å². The Labute approximate surface area is 105 Å². The molecule has 1 aromatic rings. The van der Waals surface area contributed by atoms with Crippen LogP contribution in [0.25, 0.3) is 0 Å². The highest BCUT2D eigenvalue weighted by Crippen LogP contribution is 2.22. The molecular formula is C12H10N2S2. The van der Waals surface area contributed by atoms with E-state index in [0.717, 1.165) is 5.56 Å². The molecular weight excluding hydrogens is 236 g/mol. The van der Waals surface area contributed by atoms with Crippen LogP contribution in [0.15, 0.2) is 18.2 Å². The van der Waals surface area contributed by atoms with Crippen LogP contribution >= 0.6 is 24.0 Å². The van der Waals surface area contributed by atoms with Gasteiger partial charge in [0.25, 0.3) is 0 Å². The maximum atomic E-state index is 8.99. The van der Waals surface area contributed by atoms with Crippen LogP contribution < -0.4 is 0 Å². The average Bonchev–Trinajstić information content (AvgIpc) is 2.27. The van der Waals surface area contributed by atoms with Gasteiger partial charge in [-0.15, -0.1) is 11.8 Å². The Morgan fingerprint density at radius 3 is 2.50 bits per heavy atom. The van der Waals surface area contributed by atoms with Gasteiger partial charge in [0.1, 0.15) is 0 Å². The Bertz CT molecular complexity index is 493. The maximum Gasteiger partial charge on any atom is 0.0999 e. The normalized spacial score (nSPS) is 9.56. The summed E-state index contributed by atoms with van der Waals surface area (Å²) in [4.78, 5) is 0. The number of benzene rings is 1. The molecule has 0 atom stereocenters. The van der Waals surface area contributed by atoms with Crippen molar-refractivity contribution < 1.29 is 0 Å². The topological polar surface area (TPSA) is 47.6 Å². The third kappa shape index (κ3) is 3.06. The summed E-state index contributed by atoms with van der Waals surface area (Å²) in [6, 6.07) is 9.08. The lowest BCUT2D eigenvalue weighted by molar-refractivity contribution is 1.12. The third-order valence-electron chi connectivity index (χ3n) is 1.83. The number of thioether (sulfide) groups is 1. The van der Waals surface area contributed by atoms with Gasteiger partial charge in [0.15, 0.2) is 0 Å². The summed E-state index contributed by atoms with van der Waals surface area (Å²) in [6.45, 7) is 4.10. The van der Waals surface area contributed by atoms with Gasteiger partial charge >= 0.3 is 0 Å². The van der Waals surface area contributed by atoms with Gasteiger partial charge in [0.2, 0.25) is 0 Å². The van der Waals surface area contributed by atoms with E-state index in [4.69, 9.17) is 22.7 Å². The van der Waals surface area contributed by atoms with Gasteiger partial charge in [-0.25, -0.2) is 0 Å². The molecule has 2 nitrogen and oxygen atoms in total. The van der Waals surface area contributed by atoms with Gasteiger partial charge in [-0.1, -0.05) is 32.1 Å². The second-order valence-corrected chi connectivity index (χ2v) is 5.69. The molecule has 0 saturated carbocycles. The molecule has 0 fully saturated rings. The second kappa shape index (κ2) is 5.65. The molecule has 0 N–H and O–H groups in total. The lowest BCUT2D eigenvalue weighted by Crippen LogP contribution is -2.01. The van der Waals surface area contributed by atoms with Crippen LogP contribution in [0.5, 0.6) is 0 Å². The summed E-state index contributed by atoms with van der Waals surface area (Å²) in [5.74, 6) is 0. The van der Waals surface area contributed by atoms with Crippen LogP contribution in [0.4, 0.5) is 0 Å². The molecule has 0 aromatic heterocycles. The van der Waals surface area contributed by atoms with Crippen molar-refractivity contribution >= 4 is 28.2 Å². The van der Waals surface area contributed by atoms with E-state index in [1.165, 1.54) is 0 Å². The van der Waals surface area contributed by atoms with Crippen molar-refractivity contribution in [2.24, 2.45) is 0 Å². The van der Waals surface area contributed by atoms with Crippen molar-refractivity contribution in [1.82, 2.24) is 0 Å². The summed E-state index contributed by atoms with van der Waals surface area (Å²) in [5, 5.41) is 18.1. The smallest absolute Gasteiger partial charge is 0.0999 e. The van der Waals surface area contributed by atoms with Crippen LogP contribution in [0.3, 0.4) is 0 Å². The molecule has 0 heterocycles. The first-order valence-electron chi connectivity index (χ1n) is 4.73. The quantitative estimate of drug-likeness (QED) is 0.752. The van der Waals surface area contributed by atoms with Gasteiger partial charge in [0.05, 0.1) is 27.5 Å². The van der Waals surface area contributed by atoms with E-state index in [9.17, 15) is 0 Å². The van der Waals surface area contributed by atoms with Crippen LogP contribution in [0.1, 0.15) is 30.5 Å². The summed E-state index contributed by atoms with van der Waals surface area (Å²) >= 11 is 6.81. The fourth-order valence-corrected chi connectivity index (χ4v) is 2.65.